The first kappa shape index (κ1) is 14.9. The fourth-order valence-corrected chi connectivity index (χ4v) is 3.47. The molecule has 3 rings (SSSR count). The molecule has 1 N–H and O–H groups in total. The summed E-state index contributed by atoms with van der Waals surface area (Å²) in [7, 11) is 0. The van der Waals surface area contributed by atoms with Crippen molar-refractivity contribution in [1.29, 1.82) is 0 Å². The Morgan fingerprint density at radius 3 is 2.50 bits per heavy atom. The Morgan fingerprint density at radius 2 is 1.86 bits per heavy atom. The number of aromatic nitrogens is 2. The van der Waals surface area contributed by atoms with Gasteiger partial charge in [-0.1, -0.05) is 12.8 Å². The van der Waals surface area contributed by atoms with Crippen LogP contribution >= 0.6 is 0 Å². The topological polar surface area (TPSA) is 75.2 Å². The standard InChI is InChI=1S/C16H22N4O2/c1-10-7-11(2)18-16(17-10)19-15(22)12-8-14(21)20(9-12)13-5-3-4-6-13/h7,12-13H,3-6,8-9H2,1-2H3,(H,17,18,19,22). The second-order valence-electron chi connectivity index (χ2n) is 6.35. The highest BCUT2D eigenvalue weighted by molar-refractivity contribution is 5.96. The molecule has 2 heterocycles. The zero-order valence-corrected chi connectivity index (χ0v) is 13.1. The lowest BCUT2D eigenvalue weighted by molar-refractivity contribution is -0.129. The van der Waals surface area contributed by atoms with E-state index in [4.69, 9.17) is 0 Å². The van der Waals surface area contributed by atoms with Crippen LogP contribution in [0.5, 0.6) is 0 Å². The summed E-state index contributed by atoms with van der Waals surface area (Å²) in [5.41, 5.74) is 1.63. The number of hydrogen-bond acceptors (Lipinski definition) is 4. The lowest BCUT2D eigenvalue weighted by Gasteiger charge is -2.23. The third-order valence-corrected chi connectivity index (χ3v) is 4.51. The molecule has 6 heteroatoms. The molecule has 0 aromatic carbocycles. The van der Waals surface area contributed by atoms with Crippen LogP contribution in [0.4, 0.5) is 5.95 Å². The Bertz CT molecular complexity index is 576. The van der Waals surface area contributed by atoms with Gasteiger partial charge in [-0.2, -0.15) is 0 Å². The van der Waals surface area contributed by atoms with Gasteiger partial charge < -0.3 is 4.90 Å². The van der Waals surface area contributed by atoms with E-state index in [1.54, 1.807) is 0 Å². The molecule has 1 aromatic heterocycles. The van der Waals surface area contributed by atoms with Gasteiger partial charge in [0, 0.05) is 30.4 Å². The second-order valence-corrected chi connectivity index (χ2v) is 6.35. The number of likely N-dealkylation sites (tertiary alicyclic amines) is 1. The molecular weight excluding hydrogens is 280 g/mol. The van der Waals surface area contributed by atoms with Crippen molar-refractivity contribution in [3.63, 3.8) is 0 Å². The molecule has 1 aliphatic heterocycles. The summed E-state index contributed by atoms with van der Waals surface area (Å²) in [4.78, 5) is 34.9. The van der Waals surface area contributed by atoms with Crippen molar-refractivity contribution in [2.24, 2.45) is 5.92 Å². The van der Waals surface area contributed by atoms with Crippen LogP contribution in [0.2, 0.25) is 0 Å². The third kappa shape index (κ3) is 3.10. The molecule has 1 atom stereocenters. The summed E-state index contributed by atoms with van der Waals surface area (Å²) in [6.45, 7) is 4.26. The summed E-state index contributed by atoms with van der Waals surface area (Å²) in [5.74, 6) is -0.0148. The Balaban J connectivity index is 1.64. The number of rotatable bonds is 3. The predicted octanol–water partition coefficient (Wildman–Crippen LogP) is 1.82. The number of anilines is 1. The van der Waals surface area contributed by atoms with Crippen molar-refractivity contribution in [3.8, 4) is 0 Å². The summed E-state index contributed by atoms with van der Waals surface area (Å²) in [6.07, 6.45) is 4.80. The Labute approximate surface area is 130 Å². The smallest absolute Gasteiger partial charge is 0.232 e. The first-order valence-electron chi connectivity index (χ1n) is 7.95. The summed E-state index contributed by atoms with van der Waals surface area (Å²) in [5, 5.41) is 2.76. The monoisotopic (exact) mass is 302 g/mol. The van der Waals surface area contributed by atoms with Crippen LogP contribution in [0.1, 0.15) is 43.5 Å². The molecule has 0 radical (unpaired) electrons. The summed E-state index contributed by atoms with van der Waals surface area (Å²) >= 11 is 0. The third-order valence-electron chi connectivity index (χ3n) is 4.51. The van der Waals surface area contributed by atoms with Gasteiger partial charge in [0.05, 0.1) is 5.92 Å². The van der Waals surface area contributed by atoms with Gasteiger partial charge in [0.1, 0.15) is 0 Å². The molecule has 0 spiro atoms. The number of amides is 2. The molecule has 1 unspecified atom stereocenters. The highest BCUT2D eigenvalue weighted by atomic mass is 16.2. The van der Waals surface area contributed by atoms with Gasteiger partial charge in [0.25, 0.3) is 0 Å². The molecule has 6 nitrogen and oxygen atoms in total. The van der Waals surface area contributed by atoms with Crippen LogP contribution in [0, 0.1) is 19.8 Å². The number of aryl methyl sites for hydroxylation is 2. The van der Waals surface area contributed by atoms with E-state index in [1.807, 2.05) is 24.8 Å². The normalized spacial score (nSPS) is 22.4. The number of nitrogens with one attached hydrogen (secondary N) is 1. The maximum absolute atomic E-state index is 12.4. The van der Waals surface area contributed by atoms with Crippen LogP contribution in [0.15, 0.2) is 6.07 Å². The fraction of sp³-hybridized carbons (Fsp3) is 0.625. The van der Waals surface area contributed by atoms with Crippen LogP contribution in [0.25, 0.3) is 0 Å². The number of nitrogens with zero attached hydrogens (tertiary/aromatic N) is 3. The maximum Gasteiger partial charge on any atom is 0.232 e. The number of carbonyl (C=O) groups is 2. The van der Waals surface area contributed by atoms with E-state index < -0.39 is 0 Å². The van der Waals surface area contributed by atoms with E-state index in [2.05, 4.69) is 15.3 Å². The molecular formula is C16H22N4O2. The Kier molecular flexibility index (Phi) is 4.09. The van der Waals surface area contributed by atoms with Crippen molar-refractivity contribution in [1.82, 2.24) is 14.9 Å². The van der Waals surface area contributed by atoms with E-state index in [9.17, 15) is 9.59 Å². The SMILES string of the molecule is Cc1cc(C)nc(NC(=O)C2CC(=O)N(C3CCCC3)C2)n1. The fourth-order valence-electron chi connectivity index (χ4n) is 3.47. The molecule has 1 saturated carbocycles. The van der Waals surface area contributed by atoms with Crippen molar-refractivity contribution >= 4 is 17.8 Å². The Hall–Kier alpha value is -1.98. The van der Waals surface area contributed by atoms with Crippen molar-refractivity contribution in [2.75, 3.05) is 11.9 Å². The number of hydrogen-bond donors (Lipinski definition) is 1. The van der Waals surface area contributed by atoms with Crippen LogP contribution in [0.3, 0.4) is 0 Å². The molecule has 2 aliphatic rings. The molecule has 22 heavy (non-hydrogen) atoms. The molecule has 118 valence electrons. The minimum absolute atomic E-state index is 0.105. The van der Waals surface area contributed by atoms with E-state index in [0.717, 1.165) is 24.2 Å². The van der Waals surface area contributed by atoms with E-state index in [1.165, 1.54) is 12.8 Å². The van der Waals surface area contributed by atoms with Gasteiger partial charge in [-0.05, 0) is 32.8 Å². The molecule has 1 saturated heterocycles. The van der Waals surface area contributed by atoms with E-state index >= 15 is 0 Å². The zero-order valence-electron chi connectivity index (χ0n) is 13.1. The van der Waals surface area contributed by atoms with E-state index in [-0.39, 0.29) is 17.7 Å². The number of carbonyl (C=O) groups excluding carboxylic acids is 2. The molecule has 2 amide bonds. The van der Waals surface area contributed by atoms with E-state index in [0.29, 0.717) is 25.0 Å². The summed E-state index contributed by atoms with van der Waals surface area (Å²) < 4.78 is 0. The minimum Gasteiger partial charge on any atom is -0.339 e. The molecule has 1 aliphatic carbocycles. The van der Waals surface area contributed by atoms with Gasteiger partial charge in [0.15, 0.2) is 0 Å². The lowest BCUT2D eigenvalue weighted by atomic mass is 10.1. The second kappa shape index (κ2) is 6.02. The minimum atomic E-state index is -0.294. The van der Waals surface area contributed by atoms with Gasteiger partial charge in [-0.25, -0.2) is 9.97 Å². The molecule has 2 fully saturated rings. The van der Waals surface area contributed by atoms with Gasteiger partial charge in [-0.3, -0.25) is 14.9 Å². The lowest BCUT2D eigenvalue weighted by Crippen LogP contribution is -2.35. The summed E-state index contributed by atoms with van der Waals surface area (Å²) in [6, 6.07) is 2.19. The highest BCUT2D eigenvalue weighted by Crippen LogP contribution is 2.29. The first-order chi connectivity index (χ1) is 10.5. The average molecular weight is 302 g/mol. The first-order valence-corrected chi connectivity index (χ1v) is 7.95. The molecule has 1 aromatic rings. The average Bonchev–Trinajstić information content (AvgIpc) is 3.06. The van der Waals surface area contributed by atoms with Gasteiger partial charge in [0.2, 0.25) is 17.8 Å². The van der Waals surface area contributed by atoms with Crippen LogP contribution in [-0.2, 0) is 9.59 Å². The van der Waals surface area contributed by atoms with Crippen LogP contribution in [-0.4, -0.2) is 39.3 Å². The van der Waals surface area contributed by atoms with Crippen LogP contribution < -0.4 is 5.32 Å². The van der Waals surface area contributed by atoms with Gasteiger partial charge >= 0.3 is 0 Å². The zero-order chi connectivity index (χ0) is 15.7. The quantitative estimate of drug-likeness (QED) is 0.924. The van der Waals surface area contributed by atoms with Crippen molar-refractivity contribution in [2.45, 2.75) is 52.0 Å². The highest BCUT2D eigenvalue weighted by Gasteiger charge is 2.38. The largest absolute Gasteiger partial charge is 0.339 e. The van der Waals surface area contributed by atoms with Gasteiger partial charge in [-0.15, -0.1) is 0 Å². The Morgan fingerprint density at radius 1 is 1.23 bits per heavy atom. The van der Waals surface area contributed by atoms with Crippen molar-refractivity contribution < 1.29 is 9.59 Å². The predicted molar refractivity (Wildman–Crippen MR) is 82.2 cm³/mol. The maximum atomic E-state index is 12.4. The molecule has 0 bridgehead atoms. The van der Waals surface area contributed by atoms with Crippen molar-refractivity contribution in [3.05, 3.63) is 17.5 Å².